The highest BCUT2D eigenvalue weighted by Crippen LogP contribution is 2.17. The minimum absolute atomic E-state index is 0.105. The zero-order valence-corrected chi connectivity index (χ0v) is 11.1. The van der Waals surface area contributed by atoms with E-state index in [4.69, 9.17) is 15.4 Å². The van der Waals surface area contributed by atoms with Crippen LogP contribution in [0.3, 0.4) is 0 Å². The molecule has 0 saturated carbocycles. The average Bonchev–Trinajstić information content (AvgIpc) is 2.13. The van der Waals surface area contributed by atoms with Gasteiger partial charge < -0.3 is 4.74 Å². The van der Waals surface area contributed by atoms with E-state index >= 15 is 0 Å². The summed E-state index contributed by atoms with van der Waals surface area (Å²) in [6.45, 7) is 6.34. The van der Waals surface area contributed by atoms with Crippen LogP contribution in [0.15, 0.2) is 29.2 Å². The molecule has 0 atom stereocenters. The summed E-state index contributed by atoms with van der Waals surface area (Å²) in [4.78, 5) is 0.105. The molecular formula is C11H15ClO3S. The lowest BCUT2D eigenvalue weighted by Gasteiger charge is -2.19. The van der Waals surface area contributed by atoms with Gasteiger partial charge >= 0.3 is 0 Å². The molecule has 0 radical (unpaired) electrons. The first-order valence-corrected chi connectivity index (χ1v) is 7.17. The second-order valence-corrected chi connectivity index (χ2v) is 7.05. The average molecular weight is 263 g/mol. The number of hydrogen-bond donors (Lipinski definition) is 0. The molecule has 0 bridgehead atoms. The number of rotatable bonds is 3. The lowest BCUT2D eigenvalue weighted by Crippen LogP contribution is -2.18. The third-order valence-corrected chi connectivity index (χ3v) is 3.25. The molecule has 90 valence electrons. The maximum Gasteiger partial charge on any atom is 0.261 e. The molecule has 16 heavy (non-hydrogen) atoms. The zero-order chi connectivity index (χ0) is 12.4. The monoisotopic (exact) mass is 262 g/mol. The third kappa shape index (κ3) is 4.51. The fourth-order valence-corrected chi connectivity index (χ4v) is 1.82. The Morgan fingerprint density at radius 1 is 1.19 bits per heavy atom. The predicted molar refractivity (Wildman–Crippen MR) is 64.0 cm³/mol. The first-order chi connectivity index (χ1) is 7.18. The third-order valence-electron chi connectivity index (χ3n) is 1.88. The zero-order valence-electron chi connectivity index (χ0n) is 9.53. The van der Waals surface area contributed by atoms with Crippen LogP contribution in [-0.4, -0.2) is 14.0 Å². The minimum atomic E-state index is -3.63. The molecule has 1 rings (SSSR count). The SMILES string of the molecule is CC(C)(C)OCc1ccc(S(=O)(=O)Cl)cc1. The number of benzene rings is 1. The number of hydrogen-bond acceptors (Lipinski definition) is 3. The summed E-state index contributed by atoms with van der Waals surface area (Å²) < 4.78 is 27.5. The van der Waals surface area contributed by atoms with Crippen molar-refractivity contribution in [1.29, 1.82) is 0 Å². The lowest BCUT2D eigenvalue weighted by atomic mass is 10.2. The molecular weight excluding hydrogens is 248 g/mol. The molecule has 0 saturated heterocycles. The summed E-state index contributed by atoms with van der Waals surface area (Å²) in [6, 6.07) is 6.34. The van der Waals surface area contributed by atoms with Gasteiger partial charge in [-0.15, -0.1) is 0 Å². The van der Waals surface area contributed by atoms with E-state index in [9.17, 15) is 8.42 Å². The second kappa shape index (κ2) is 4.73. The van der Waals surface area contributed by atoms with E-state index in [1.54, 1.807) is 12.1 Å². The Labute approximate surface area is 101 Å². The van der Waals surface area contributed by atoms with Crippen molar-refractivity contribution >= 4 is 19.7 Å². The molecule has 5 heteroatoms. The van der Waals surface area contributed by atoms with Crippen LogP contribution >= 0.6 is 10.7 Å². The van der Waals surface area contributed by atoms with E-state index in [1.807, 2.05) is 20.8 Å². The molecule has 0 amide bonds. The van der Waals surface area contributed by atoms with E-state index in [-0.39, 0.29) is 10.5 Å². The second-order valence-electron chi connectivity index (χ2n) is 4.48. The van der Waals surface area contributed by atoms with E-state index in [0.717, 1.165) is 5.56 Å². The van der Waals surface area contributed by atoms with Crippen molar-refractivity contribution in [2.24, 2.45) is 0 Å². The molecule has 1 aromatic carbocycles. The van der Waals surface area contributed by atoms with E-state index in [2.05, 4.69) is 0 Å². The van der Waals surface area contributed by atoms with Gasteiger partial charge in [0.2, 0.25) is 0 Å². The van der Waals surface area contributed by atoms with Crippen LogP contribution in [0.5, 0.6) is 0 Å². The summed E-state index contributed by atoms with van der Waals surface area (Å²) >= 11 is 0. The molecule has 1 aromatic rings. The van der Waals surface area contributed by atoms with Crippen LogP contribution < -0.4 is 0 Å². The largest absolute Gasteiger partial charge is 0.371 e. The molecule has 3 nitrogen and oxygen atoms in total. The van der Waals surface area contributed by atoms with Crippen molar-refractivity contribution in [2.75, 3.05) is 0 Å². The molecule has 0 aliphatic rings. The quantitative estimate of drug-likeness (QED) is 0.787. The number of ether oxygens (including phenoxy) is 1. The molecule has 0 unspecified atom stereocenters. The van der Waals surface area contributed by atoms with Crippen molar-refractivity contribution < 1.29 is 13.2 Å². The molecule has 0 aliphatic heterocycles. The minimum Gasteiger partial charge on any atom is -0.371 e. The maximum absolute atomic E-state index is 11.0. The van der Waals surface area contributed by atoms with Crippen LogP contribution in [-0.2, 0) is 20.4 Å². The molecule has 0 aliphatic carbocycles. The van der Waals surface area contributed by atoms with Gasteiger partial charge in [0.1, 0.15) is 0 Å². The topological polar surface area (TPSA) is 43.4 Å². The first kappa shape index (κ1) is 13.5. The van der Waals surface area contributed by atoms with Crippen molar-refractivity contribution in [2.45, 2.75) is 37.9 Å². The van der Waals surface area contributed by atoms with Gasteiger partial charge in [-0.25, -0.2) is 8.42 Å². The molecule has 0 spiro atoms. The summed E-state index contributed by atoms with van der Waals surface area (Å²) in [5.41, 5.74) is 0.705. The normalized spacial score (nSPS) is 12.8. The van der Waals surface area contributed by atoms with E-state index in [1.165, 1.54) is 12.1 Å². The Balaban J connectivity index is 2.73. The summed E-state index contributed by atoms with van der Waals surface area (Å²) in [5, 5.41) is 0. The van der Waals surface area contributed by atoms with Gasteiger partial charge in [-0.2, -0.15) is 0 Å². The van der Waals surface area contributed by atoms with Crippen LogP contribution in [0.4, 0.5) is 0 Å². The van der Waals surface area contributed by atoms with Crippen LogP contribution in [0.25, 0.3) is 0 Å². The van der Waals surface area contributed by atoms with Gasteiger partial charge in [0.15, 0.2) is 0 Å². The molecule has 0 heterocycles. The Morgan fingerprint density at radius 3 is 2.06 bits per heavy atom. The van der Waals surface area contributed by atoms with Gasteiger partial charge in [0.25, 0.3) is 9.05 Å². The van der Waals surface area contributed by atoms with Gasteiger partial charge in [0, 0.05) is 10.7 Å². The van der Waals surface area contributed by atoms with Crippen molar-refractivity contribution in [1.82, 2.24) is 0 Å². The molecule has 0 aromatic heterocycles. The number of halogens is 1. The van der Waals surface area contributed by atoms with Gasteiger partial charge in [0.05, 0.1) is 17.1 Å². The van der Waals surface area contributed by atoms with Gasteiger partial charge in [-0.3, -0.25) is 0 Å². The fourth-order valence-electron chi connectivity index (χ4n) is 1.05. The Hall–Kier alpha value is -0.580. The molecule has 0 fully saturated rings. The van der Waals surface area contributed by atoms with Crippen molar-refractivity contribution in [3.8, 4) is 0 Å². The van der Waals surface area contributed by atoms with Gasteiger partial charge in [-0.05, 0) is 38.5 Å². The maximum atomic E-state index is 11.0. The predicted octanol–water partition coefficient (Wildman–Crippen LogP) is 2.93. The van der Waals surface area contributed by atoms with E-state index < -0.39 is 9.05 Å². The Morgan fingerprint density at radius 2 is 1.69 bits per heavy atom. The molecule has 0 N–H and O–H groups in total. The highest BCUT2D eigenvalue weighted by Gasteiger charge is 2.11. The standard InChI is InChI=1S/C11H15ClO3S/c1-11(2,3)15-8-9-4-6-10(7-5-9)16(12,13)14/h4-7H,8H2,1-3H3. The van der Waals surface area contributed by atoms with Crippen LogP contribution in [0.1, 0.15) is 26.3 Å². The van der Waals surface area contributed by atoms with Crippen LogP contribution in [0.2, 0.25) is 0 Å². The smallest absolute Gasteiger partial charge is 0.261 e. The highest BCUT2D eigenvalue weighted by atomic mass is 35.7. The summed E-state index contributed by atoms with van der Waals surface area (Å²) in [7, 11) is 1.57. The van der Waals surface area contributed by atoms with Gasteiger partial charge in [-0.1, -0.05) is 12.1 Å². The highest BCUT2D eigenvalue weighted by molar-refractivity contribution is 8.13. The van der Waals surface area contributed by atoms with Crippen molar-refractivity contribution in [3.63, 3.8) is 0 Å². The Kier molecular flexibility index (Phi) is 3.99. The lowest BCUT2D eigenvalue weighted by molar-refractivity contribution is -0.0149. The van der Waals surface area contributed by atoms with E-state index in [0.29, 0.717) is 6.61 Å². The van der Waals surface area contributed by atoms with Crippen molar-refractivity contribution in [3.05, 3.63) is 29.8 Å². The first-order valence-electron chi connectivity index (χ1n) is 4.86. The van der Waals surface area contributed by atoms with Crippen LogP contribution in [0, 0.1) is 0 Å². The summed E-state index contributed by atoms with van der Waals surface area (Å²) in [5.74, 6) is 0. The Bertz CT molecular complexity index is 443. The fraction of sp³-hybridized carbons (Fsp3) is 0.455. The summed E-state index contributed by atoms with van der Waals surface area (Å²) in [6.07, 6.45) is 0.